The van der Waals surface area contributed by atoms with Crippen LogP contribution in [0.25, 0.3) is 11.0 Å². The van der Waals surface area contributed by atoms with E-state index in [0.717, 1.165) is 22.4 Å². The van der Waals surface area contributed by atoms with Crippen molar-refractivity contribution in [1.82, 2.24) is 15.2 Å². The third-order valence-electron chi connectivity index (χ3n) is 2.07. The summed E-state index contributed by atoms with van der Waals surface area (Å²) in [5.74, 6) is 0.384. The Balaban J connectivity index is 2.70. The number of aromatic amines is 1. The van der Waals surface area contributed by atoms with E-state index in [0.29, 0.717) is 5.92 Å². The minimum atomic E-state index is 0.384. The number of anilines is 1. The Hall–Kier alpha value is -1.58. The second kappa shape index (κ2) is 2.73. The fourth-order valence-corrected chi connectivity index (χ4v) is 1.27. The molecule has 0 bridgehead atoms. The highest BCUT2D eigenvalue weighted by Gasteiger charge is 2.06. The minimum Gasteiger partial charge on any atom is -0.398 e. The highest BCUT2D eigenvalue weighted by Crippen LogP contribution is 2.21. The number of hydrogen-bond acceptors (Lipinski definition) is 3. The van der Waals surface area contributed by atoms with Crippen LogP contribution in [0, 0.1) is 0 Å². The summed E-state index contributed by atoms with van der Waals surface area (Å²) in [4.78, 5) is 4.40. The van der Waals surface area contributed by atoms with Crippen LogP contribution in [0.5, 0.6) is 0 Å². The number of nitrogen functional groups attached to an aromatic ring is 1. The number of pyridine rings is 1. The molecule has 0 aromatic carbocycles. The largest absolute Gasteiger partial charge is 0.398 e. The first-order valence-electron chi connectivity index (χ1n) is 4.28. The van der Waals surface area contributed by atoms with Gasteiger partial charge in [0.1, 0.15) is 0 Å². The molecule has 2 rings (SSSR count). The van der Waals surface area contributed by atoms with Crippen LogP contribution < -0.4 is 5.73 Å². The molecule has 2 heterocycles. The van der Waals surface area contributed by atoms with Crippen molar-refractivity contribution in [1.29, 1.82) is 0 Å². The molecule has 3 N–H and O–H groups in total. The number of H-pyrrole nitrogens is 1. The van der Waals surface area contributed by atoms with Gasteiger partial charge >= 0.3 is 0 Å². The van der Waals surface area contributed by atoms with Crippen molar-refractivity contribution in [2.45, 2.75) is 19.8 Å². The fraction of sp³-hybridized carbons (Fsp3) is 0.333. The molecule has 0 spiro atoms. The van der Waals surface area contributed by atoms with Crippen molar-refractivity contribution in [3.8, 4) is 0 Å². The predicted molar refractivity (Wildman–Crippen MR) is 52.4 cm³/mol. The average Bonchev–Trinajstić information content (AvgIpc) is 2.51. The molecule has 0 amide bonds. The Kier molecular flexibility index (Phi) is 1.69. The van der Waals surface area contributed by atoms with E-state index in [4.69, 9.17) is 5.73 Å². The van der Waals surface area contributed by atoms with Gasteiger partial charge in [0.25, 0.3) is 0 Å². The molecule has 68 valence electrons. The predicted octanol–water partition coefficient (Wildman–Crippen LogP) is 1.66. The lowest BCUT2D eigenvalue weighted by atomic mass is 10.1. The summed E-state index contributed by atoms with van der Waals surface area (Å²) in [7, 11) is 0. The zero-order valence-corrected chi connectivity index (χ0v) is 7.70. The smallest absolute Gasteiger partial charge is 0.157 e. The summed E-state index contributed by atoms with van der Waals surface area (Å²) >= 11 is 0. The van der Waals surface area contributed by atoms with Gasteiger partial charge in [-0.1, -0.05) is 13.8 Å². The van der Waals surface area contributed by atoms with Crippen molar-refractivity contribution in [2.75, 3.05) is 5.73 Å². The molecule has 2 aromatic heterocycles. The van der Waals surface area contributed by atoms with E-state index >= 15 is 0 Å². The zero-order chi connectivity index (χ0) is 9.42. The second-order valence-electron chi connectivity index (χ2n) is 3.42. The van der Waals surface area contributed by atoms with E-state index in [2.05, 4.69) is 29.0 Å². The van der Waals surface area contributed by atoms with Crippen LogP contribution in [0.3, 0.4) is 0 Å². The normalized spacial score (nSPS) is 11.3. The number of hydrogen-bond donors (Lipinski definition) is 2. The number of fused-ring (bicyclic) bond motifs is 1. The maximum atomic E-state index is 5.84. The highest BCUT2D eigenvalue weighted by atomic mass is 15.1. The summed E-state index contributed by atoms with van der Waals surface area (Å²) in [5.41, 5.74) is 8.34. The zero-order valence-electron chi connectivity index (χ0n) is 7.70. The number of rotatable bonds is 1. The molecule has 0 radical (unpaired) electrons. The summed E-state index contributed by atoms with van der Waals surface area (Å²) in [6.45, 7) is 4.17. The Morgan fingerprint density at radius 2 is 2.23 bits per heavy atom. The molecule has 2 aromatic rings. The Morgan fingerprint density at radius 1 is 1.46 bits per heavy atom. The first-order chi connectivity index (χ1) is 6.18. The summed E-state index contributed by atoms with van der Waals surface area (Å²) in [6.07, 6.45) is 1.70. The van der Waals surface area contributed by atoms with Crippen LogP contribution in [0.1, 0.15) is 25.5 Å². The van der Waals surface area contributed by atoms with Gasteiger partial charge in [-0.2, -0.15) is 5.10 Å². The van der Waals surface area contributed by atoms with E-state index < -0.39 is 0 Å². The van der Waals surface area contributed by atoms with Gasteiger partial charge in [-0.3, -0.25) is 5.10 Å². The van der Waals surface area contributed by atoms with Crippen LogP contribution in [-0.2, 0) is 0 Å². The average molecular weight is 176 g/mol. The van der Waals surface area contributed by atoms with E-state index in [-0.39, 0.29) is 0 Å². The van der Waals surface area contributed by atoms with Crippen molar-refractivity contribution < 1.29 is 0 Å². The number of aromatic nitrogens is 3. The van der Waals surface area contributed by atoms with Crippen LogP contribution in [0.2, 0.25) is 0 Å². The van der Waals surface area contributed by atoms with Crippen LogP contribution in [0.4, 0.5) is 5.69 Å². The van der Waals surface area contributed by atoms with Gasteiger partial charge in [-0.05, 0) is 12.0 Å². The fourth-order valence-electron chi connectivity index (χ4n) is 1.27. The molecular formula is C9H12N4. The number of nitrogens with two attached hydrogens (primary N) is 1. The lowest BCUT2D eigenvalue weighted by molar-refractivity contribution is 0.828. The third kappa shape index (κ3) is 1.24. The minimum absolute atomic E-state index is 0.384. The second-order valence-corrected chi connectivity index (χ2v) is 3.42. The maximum Gasteiger partial charge on any atom is 0.157 e. The van der Waals surface area contributed by atoms with Gasteiger partial charge in [0.2, 0.25) is 0 Å². The topological polar surface area (TPSA) is 67.6 Å². The molecule has 0 saturated heterocycles. The van der Waals surface area contributed by atoms with Gasteiger partial charge in [-0.15, -0.1) is 0 Å². The van der Waals surface area contributed by atoms with Gasteiger partial charge in [0.05, 0.1) is 11.6 Å². The van der Waals surface area contributed by atoms with Crippen molar-refractivity contribution in [3.63, 3.8) is 0 Å². The molecule has 0 aliphatic rings. The Bertz CT molecular complexity index is 430. The van der Waals surface area contributed by atoms with Crippen molar-refractivity contribution in [3.05, 3.63) is 18.0 Å². The first-order valence-corrected chi connectivity index (χ1v) is 4.28. The van der Waals surface area contributed by atoms with Crippen molar-refractivity contribution >= 4 is 16.7 Å². The molecule has 0 atom stereocenters. The van der Waals surface area contributed by atoms with E-state index in [9.17, 15) is 0 Å². The van der Waals surface area contributed by atoms with Crippen LogP contribution >= 0.6 is 0 Å². The quantitative estimate of drug-likeness (QED) is 0.694. The molecule has 0 unspecified atom stereocenters. The molecule has 4 heteroatoms. The SMILES string of the molecule is CC(C)c1cc(N)c2cn[nH]c2n1. The number of nitrogens with zero attached hydrogens (tertiary/aromatic N) is 2. The molecular weight excluding hydrogens is 164 g/mol. The summed E-state index contributed by atoms with van der Waals surface area (Å²) in [5, 5.41) is 7.60. The van der Waals surface area contributed by atoms with Crippen molar-refractivity contribution in [2.24, 2.45) is 0 Å². The highest BCUT2D eigenvalue weighted by molar-refractivity contribution is 5.87. The van der Waals surface area contributed by atoms with Gasteiger partial charge in [-0.25, -0.2) is 4.98 Å². The van der Waals surface area contributed by atoms with E-state index in [1.54, 1.807) is 6.20 Å². The molecule has 0 aliphatic carbocycles. The maximum absolute atomic E-state index is 5.84. The van der Waals surface area contributed by atoms with Gasteiger partial charge in [0.15, 0.2) is 5.65 Å². The lowest BCUT2D eigenvalue weighted by Gasteiger charge is -2.05. The van der Waals surface area contributed by atoms with Crippen LogP contribution in [0.15, 0.2) is 12.3 Å². The summed E-state index contributed by atoms with van der Waals surface area (Å²) < 4.78 is 0. The van der Waals surface area contributed by atoms with Gasteiger partial charge in [0, 0.05) is 11.4 Å². The summed E-state index contributed by atoms with van der Waals surface area (Å²) in [6, 6.07) is 1.91. The molecule has 0 aliphatic heterocycles. The number of nitrogens with one attached hydrogen (secondary N) is 1. The van der Waals surface area contributed by atoms with E-state index in [1.165, 1.54) is 0 Å². The van der Waals surface area contributed by atoms with Gasteiger partial charge < -0.3 is 5.73 Å². The monoisotopic (exact) mass is 176 g/mol. The molecule has 4 nitrogen and oxygen atoms in total. The van der Waals surface area contributed by atoms with E-state index in [1.807, 2.05) is 6.07 Å². The molecule has 13 heavy (non-hydrogen) atoms. The standard InChI is InChI=1S/C9H12N4/c1-5(2)8-3-7(10)6-4-11-13-9(6)12-8/h3-5H,1-2H3,(H3,10,11,12,13). The Labute approximate surface area is 76.2 Å². The third-order valence-corrected chi connectivity index (χ3v) is 2.07. The lowest BCUT2D eigenvalue weighted by Crippen LogP contribution is -1.96. The Morgan fingerprint density at radius 3 is 2.92 bits per heavy atom. The molecule has 0 saturated carbocycles. The first kappa shape index (κ1) is 8.04. The molecule has 0 fully saturated rings. The van der Waals surface area contributed by atoms with Crippen LogP contribution in [-0.4, -0.2) is 15.2 Å².